The smallest absolute Gasteiger partial charge is 0.254 e. The Hall–Kier alpha value is -3.56. The molecule has 5 rings (SSSR count). The normalized spacial score (nSPS) is 16.0. The first-order chi connectivity index (χ1) is 18.1. The number of hydrogen-bond donors (Lipinski definition) is 0. The number of nitrogens with zero attached hydrogens (tertiary/aromatic N) is 2. The Morgan fingerprint density at radius 3 is 2.70 bits per heavy atom. The second-order valence-corrected chi connectivity index (χ2v) is 10.1. The number of thiophene rings is 1. The van der Waals surface area contributed by atoms with Crippen LogP contribution in [0.15, 0.2) is 60.0 Å². The van der Waals surface area contributed by atoms with E-state index in [9.17, 15) is 9.59 Å². The van der Waals surface area contributed by atoms with Crippen LogP contribution in [0.1, 0.15) is 33.6 Å². The zero-order valence-corrected chi connectivity index (χ0v) is 21.6. The van der Waals surface area contributed by atoms with Gasteiger partial charge in [0, 0.05) is 30.1 Å². The predicted molar refractivity (Wildman–Crippen MR) is 139 cm³/mol. The standard InChI is InChI=1S/C28H30N2O6S/c1-33-22-6-2-5-21(14-22)28(32)30(16-23-7-3-11-34-23)18-27(31)29(17-24-8-4-12-37-24)15-20-9-10-25-26(13-20)36-19-35-25/h2,4-6,8-10,12-14,23H,3,7,11,15-19H2,1H3. The van der Waals surface area contributed by atoms with Crippen LogP contribution in [0.3, 0.4) is 0 Å². The summed E-state index contributed by atoms with van der Waals surface area (Å²) in [5.74, 6) is 1.61. The Morgan fingerprint density at radius 1 is 1.03 bits per heavy atom. The summed E-state index contributed by atoms with van der Waals surface area (Å²) in [6.45, 7) is 2.01. The fourth-order valence-corrected chi connectivity index (χ4v) is 5.26. The van der Waals surface area contributed by atoms with Gasteiger partial charge in [-0.1, -0.05) is 18.2 Å². The van der Waals surface area contributed by atoms with E-state index in [1.807, 2.05) is 35.7 Å². The van der Waals surface area contributed by atoms with Crippen molar-refractivity contribution in [2.24, 2.45) is 0 Å². The topological polar surface area (TPSA) is 77.5 Å². The molecule has 1 saturated heterocycles. The fraction of sp³-hybridized carbons (Fsp3) is 0.357. The average Bonchev–Trinajstić information content (AvgIpc) is 3.71. The zero-order valence-electron chi connectivity index (χ0n) is 20.8. The summed E-state index contributed by atoms with van der Waals surface area (Å²) >= 11 is 1.60. The second-order valence-electron chi connectivity index (χ2n) is 9.07. The van der Waals surface area contributed by atoms with Crippen LogP contribution in [-0.4, -0.2) is 61.3 Å². The van der Waals surface area contributed by atoms with Crippen molar-refractivity contribution in [1.82, 2.24) is 9.80 Å². The van der Waals surface area contributed by atoms with Crippen LogP contribution in [0.2, 0.25) is 0 Å². The van der Waals surface area contributed by atoms with Crippen molar-refractivity contribution in [1.29, 1.82) is 0 Å². The van der Waals surface area contributed by atoms with Crippen LogP contribution in [0.5, 0.6) is 17.2 Å². The van der Waals surface area contributed by atoms with Gasteiger partial charge in [0.25, 0.3) is 5.91 Å². The van der Waals surface area contributed by atoms with Crippen LogP contribution in [0.4, 0.5) is 0 Å². The Labute approximate surface area is 220 Å². The van der Waals surface area contributed by atoms with E-state index in [4.69, 9.17) is 18.9 Å². The van der Waals surface area contributed by atoms with Gasteiger partial charge < -0.3 is 28.7 Å². The summed E-state index contributed by atoms with van der Waals surface area (Å²) in [7, 11) is 1.57. The quantitative estimate of drug-likeness (QED) is 0.394. The van der Waals surface area contributed by atoms with Crippen molar-refractivity contribution in [2.45, 2.75) is 32.0 Å². The lowest BCUT2D eigenvalue weighted by Crippen LogP contribution is -2.45. The van der Waals surface area contributed by atoms with Crippen LogP contribution >= 0.6 is 11.3 Å². The summed E-state index contributed by atoms with van der Waals surface area (Å²) in [5, 5.41) is 1.99. The van der Waals surface area contributed by atoms with Crippen molar-refractivity contribution in [3.63, 3.8) is 0 Å². The lowest BCUT2D eigenvalue weighted by molar-refractivity contribution is -0.133. The number of carbonyl (C=O) groups is 2. The van der Waals surface area contributed by atoms with Crippen molar-refractivity contribution in [3.05, 3.63) is 76.0 Å². The summed E-state index contributed by atoms with van der Waals surface area (Å²) < 4.78 is 22.1. The molecule has 2 aromatic carbocycles. The van der Waals surface area contributed by atoms with E-state index in [2.05, 4.69) is 0 Å². The number of rotatable bonds is 10. The zero-order chi connectivity index (χ0) is 25.6. The highest BCUT2D eigenvalue weighted by molar-refractivity contribution is 7.09. The highest BCUT2D eigenvalue weighted by Crippen LogP contribution is 2.33. The van der Waals surface area contributed by atoms with E-state index >= 15 is 0 Å². The number of benzene rings is 2. The third-order valence-electron chi connectivity index (χ3n) is 6.47. The van der Waals surface area contributed by atoms with Crippen molar-refractivity contribution in [2.75, 3.05) is 33.6 Å². The van der Waals surface area contributed by atoms with E-state index in [-0.39, 0.29) is 31.3 Å². The van der Waals surface area contributed by atoms with E-state index in [1.165, 1.54) is 0 Å². The maximum absolute atomic E-state index is 13.8. The molecule has 0 bridgehead atoms. The molecule has 37 heavy (non-hydrogen) atoms. The first kappa shape index (κ1) is 25.1. The monoisotopic (exact) mass is 522 g/mol. The molecule has 0 N–H and O–H groups in total. The molecule has 0 saturated carbocycles. The van der Waals surface area contributed by atoms with Gasteiger partial charge in [0.2, 0.25) is 12.7 Å². The SMILES string of the molecule is COc1cccc(C(=O)N(CC(=O)N(Cc2ccc3c(c2)OCO3)Cc2cccs2)CC2CCCO2)c1. The molecule has 0 radical (unpaired) electrons. The number of methoxy groups -OCH3 is 1. The second kappa shape index (κ2) is 11.7. The third kappa shape index (κ3) is 6.23. The Bertz CT molecular complexity index is 1230. The summed E-state index contributed by atoms with van der Waals surface area (Å²) in [5.41, 5.74) is 1.41. The minimum Gasteiger partial charge on any atom is -0.497 e. The summed E-state index contributed by atoms with van der Waals surface area (Å²) in [6, 6.07) is 16.7. The molecule has 0 spiro atoms. The number of hydrogen-bond acceptors (Lipinski definition) is 7. The molecule has 2 aliphatic heterocycles. The van der Waals surface area contributed by atoms with Gasteiger partial charge in [-0.25, -0.2) is 0 Å². The van der Waals surface area contributed by atoms with Gasteiger partial charge >= 0.3 is 0 Å². The van der Waals surface area contributed by atoms with Crippen LogP contribution in [0.25, 0.3) is 0 Å². The Balaban J connectivity index is 1.37. The van der Waals surface area contributed by atoms with Crippen molar-refractivity contribution < 1.29 is 28.5 Å². The number of carbonyl (C=O) groups excluding carboxylic acids is 2. The Kier molecular flexibility index (Phi) is 7.91. The molecule has 0 aliphatic carbocycles. The van der Waals surface area contributed by atoms with E-state index in [0.717, 1.165) is 23.3 Å². The van der Waals surface area contributed by atoms with Gasteiger partial charge in [0.1, 0.15) is 12.3 Å². The molecule has 1 fully saturated rings. The number of ether oxygens (including phenoxy) is 4. The molecule has 8 nitrogen and oxygen atoms in total. The van der Waals surface area contributed by atoms with Gasteiger partial charge in [0.05, 0.1) is 19.8 Å². The largest absolute Gasteiger partial charge is 0.497 e. The van der Waals surface area contributed by atoms with Gasteiger partial charge in [-0.3, -0.25) is 9.59 Å². The lowest BCUT2D eigenvalue weighted by Gasteiger charge is -2.29. The predicted octanol–water partition coefficient (Wildman–Crippen LogP) is 4.34. The van der Waals surface area contributed by atoms with Gasteiger partial charge in [-0.05, 0) is 60.2 Å². The molecular weight excluding hydrogens is 492 g/mol. The average molecular weight is 523 g/mol. The molecule has 3 heterocycles. The molecule has 2 amide bonds. The molecule has 194 valence electrons. The van der Waals surface area contributed by atoms with Crippen LogP contribution < -0.4 is 14.2 Å². The minimum absolute atomic E-state index is 0.0498. The van der Waals surface area contributed by atoms with Gasteiger partial charge in [0.15, 0.2) is 11.5 Å². The highest BCUT2D eigenvalue weighted by atomic mass is 32.1. The first-order valence-electron chi connectivity index (χ1n) is 12.3. The summed E-state index contributed by atoms with van der Waals surface area (Å²) in [4.78, 5) is 31.8. The summed E-state index contributed by atoms with van der Waals surface area (Å²) in [6.07, 6.45) is 1.74. The van der Waals surface area contributed by atoms with Crippen molar-refractivity contribution in [3.8, 4) is 17.2 Å². The van der Waals surface area contributed by atoms with E-state index < -0.39 is 0 Å². The van der Waals surface area contributed by atoms with Gasteiger partial charge in [-0.15, -0.1) is 11.3 Å². The maximum Gasteiger partial charge on any atom is 0.254 e. The lowest BCUT2D eigenvalue weighted by atomic mass is 10.1. The molecule has 1 atom stereocenters. The van der Waals surface area contributed by atoms with Gasteiger partial charge in [-0.2, -0.15) is 0 Å². The number of fused-ring (bicyclic) bond motifs is 1. The third-order valence-corrected chi connectivity index (χ3v) is 7.33. The Morgan fingerprint density at radius 2 is 1.92 bits per heavy atom. The van der Waals surface area contributed by atoms with E-state index in [1.54, 1.807) is 52.5 Å². The minimum atomic E-state index is -0.220. The molecule has 1 aromatic heterocycles. The maximum atomic E-state index is 13.8. The number of amides is 2. The van der Waals surface area contributed by atoms with Crippen LogP contribution in [-0.2, 0) is 22.6 Å². The molecular formula is C28H30N2O6S. The van der Waals surface area contributed by atoms with Crippen LogP contribution in [0, 0.1) is 0 Å². The highest BCUT2D eigenvalue weighted by Gasteiger charge is 2.28. The molecule has 3 aromatic rings. The van der Waals surface area contributed by atoms with E-state index in [0.29, 0.717) is 49.1 Å². The molecule has 2 aliphatic rings. The molecule has 1 unspecified atom stereocenters. The first-order valence-corrected chi connectivity index (χ1v) is 13.2. The van der Waals surface area contributed by atoms with Crippen molar-refractivity contribution >= 4 is 23.2 Å². The molecule has 9 heteroatoms. The fourth-order valence-electron chi connectivity index (χ4n) is 4.54.